The van der Waals surface area contributed by atoms with Gasteiger partial charge in [-0.05, 0) is 82.1 Å². The van der Waals surface area contributed by atoms with Crippen LogP contribution in [0.5, 0.6) is 5.75 Å². The molecule has 2 aromatic carbocycles. The maximum Gasteiger partial charge on any atom is 0.407 e. The van der Waals surface area contributed by atoms with Crippen LogP contribution in [-0.2, 0) is 11.3 Å². The molecule has 1 unspecified atom stereocenters. The average molecular weight is 523 g/mol. The van der Waals surface area contributed by atoms with Crippen molar-refractivity contribution in [2.45, 2.75) is 82.6 Å². The van der Waals surface area contributed by atoms with Gasteiger partial charge in [0.15, 0.2) is 0 Å². The molecule has 0 aromatic heterocycles. The molecule has 3 N–H and O–H groups in total. The minimum Gasteiger partial charge on any atom is -0.491 e. The van der Waals surface area contributed by atoms with Crippen molar-refractivity contribution in [2.24, 2.45) is 0 Å². The van der Waals surface area contributed by atoms with Crippen molar-refractivity contribution in [1.82, 2.24) is 10.2 Å². The predicted octanol–water partition coefficient (Wildman–Crippen LogP) is 5.22. The van der Waals surface area contributed by atoms with Crippen molar-refractivity contribution < 1.29 is 24.5 Å². The Balaban J connectivity index is 1.28. The Hall–Kier alpha value is -3.03. The second kappa shape index (κ2) is 11.8. The first-order valence-corrected chi connectivity index (χ1v) is 13.7. The lowest BCUT2D eigenvalue weighted by atomic mass is 9.76. The van der Waals surface area contributed by atoms with Crippen LogP contribution in [0.4, 0.5) is 4.79 Å². The summed E-state index contributed by atoms with van der Waals surface area (Å²) >= 11 is 0. The fraction of sp³-hybridized carbons (Fsp3) is 0.516. The van der Waals surface area contributed by atoms with Crippen LogP contribution in [0, 0.1) is 0 Å². The van der Waals surface area contributed by atoms with E-state index in [4.69, 9.17) is 9.47 Å². The quantitative estimate of drug-likeness (QED) is 0.419. The van der Waals surface area contributed by atoms with E-state index in [0.29, 0.717) is 31.1 Å². The number of hydrogen-bond acceptors (Lipinski definition) is 6. The molecule has 0 radical (unpaired) electrons. The number of nitrogens with zero attached hydrogens (tertiary/aromatic N) is 1. The molecule has 2 fully saturated rings. The fourth-order valence-electron chi connectivity index (χ4n) is 5.08. The van der Waals surface area contributed by atoms with Gasteiger partial charge in [0.05, 0.1) is 5.60 Å². The number of amides is 1. The Kier molecular flexibility index (Phi) is 8.68. The van der Waals surface area contributed by atoms with Crippen LogP contribution in [0.15, 0.2) is 55.1 Å². The lowest BCUT2D eigenvalue weighted by molar-refractivity contribution is -0.136. The Morgan fingerprint density at radius 2 is 1.87 bits per heavy atom. The van der Waals surface area contributed by atoms with Gasteiger partial charge in [-0.3, -0.25) is 0 Å². The second-order valence-electron chi connectivity index (χ2n) is 11.6. The number of carbonyl (C=O) groups is 1. The van der Waals surface area contributed by atoms with Crippen molar-refractivity contribution in [3.63, 3.8) is 0 Å². The van der Waals surface area contributed by atoms with Gasteiger partial charge in [0.2, 0.25) is 0 Å². The number of rotatable bonds is 9. The van der Waals surface area contributed by atoms with Gasteiger partial charge in [0.1, 0.15) is 24.1 Å². The summed E-state index contributed by atoms with van der Waals surface area (Å²) in [7, 11) is 0. The van der Waals surface area contributed by atoms with Crippen molar-refractivity contribution in [2.75, 3.05) is 19.7 Å². The molecule has 7 nitrogen and oxygen atoms in total. The molecule has 0 bridgehead atoms. The minimum atomic E-state index is -1.00. The summed E-state index contributed by atoms with van der Waals surface area (Å²) in [6.07, 6.45) is 2.93. The average Bonchev–Trinajstić information content (AvgIpc) is 2.88. The zero-order valence-electron chi connectivity index (χ0n) is 22.9. The third-order valence-corrected chi connectivity index (χ3v) is 7.55. The van der Waals surface area contributed by atoms with Gasteiger partial charge in [-0.2, -0.15) is 0 Å². The molecular weight excluding hydrogens is 480 g/mol. The number of benzene rings is 2. The molecule has 1 saturated carbocycles. The molecular formula is C31H42N2O5. The highest BCUT2D eigenvalue weighted by molar-refractivity contribution is 5.67. The molecule has 1 heterocycles. The van der Waals surface area contributed by atoms with Gasteiger partial charge in [-0.1, -0.05) is 43.0 Å². The standard InChI is InChI=1S/C31H42N2O5/c1-22(25-9-6-11-27(19-25)37-21-28(34)31(36)14-7-15-31)33-16-12-24(13-17-33)26-10-5-8-23(18-26)20-32-29(35)38-30(2,3)4/h5-6,8-11,18-19,24,28,34,36H,1,7,12-17,20-21H2,2-4H3,(H,32,35). The number of aliphatic hydroxyl groups excluding tert-OH is 1. The molecule has 2 aromatic rings. The van der Waals surface area contributed by atoms with E-state index in [1.54, 1.807) is 0 Å². The monoisotopic (exact) mass is 522 g/mol. The molecule has 1 amide bonds. The normalized spacial score (nSPS) is 18.3. The predicted molar refractivity (Wildman–Crippen MR) is 149 cm³/mol. The first-order chi connectivity index (χ1) is 18.0. The molecule has 1 aliphatic heterocycles. The van der Waals surface area contributed by atoms with Crippen molar-refractivity contribution in [1.29, 1.82) is 0 Å². The van der Waals surface area contributed by atoms with E-state index < -0.39 is 23.4 Å². The number of carbonyl (C=O) groups excluding carboxylic acids is 1. The molecule has 1 saturated heterocycles. The van der Waals surface area contributed by atoms with Crippen molar-refractivity contribution >= 4 is 11.8 Å². The summed E-state index contributed by atoms with van der Waals surface area (Å²) in [5.41, 5.74) is 2.79. The van der Waals surface area contributed by atoms with Crippen LogP contribution in [0.3, 0.4) is 0 Å². The maximum atomic E-state index is 12.0. The number of aliphatic hydroxyl groups is 2. The summed E-state index contributed by atoms with van der Waals surface area (Å²) in [6.45, 7) is 12.2. The van der Waals surface area contributed by atoms with E-state index >= 15 is 0 Å². The third-order valence-electron chi connectivity index (χ3n) is 7.55. The van der Waals surface area contributed by atoms with E-state index in [9.17, 15) is 15.0 Å². The van der Waals surface area contributed by atoms with E-state index in [2.05, 4.69) is 35.0 Å². The van der Waals surface area contributed by atoms with Crippen LogP contribution in [-0.4, -0.2) is 58.2 Å². The van der Waals surface area contributed by atoms with Gasteiger partial charge in [0.25, 0.3) is 0 Å². The molecule has 206 valence electrons. The maximum absolute atomic E-state index is 12.0. The van der Waals surface area contributed by atoms with Crippen LogP contribution < -0.4 is 10.1 Å². The molecule has 1 atom stereocenters. The Morgan fingerprint density at radius 1 is 1.16 bits per heavy atom. The van der Waals surface area contributed by atoms with E-state index in [1.165, 1.54) is 5.56 Å². The largest absolute Gasteiger partial charge is 0.491 e. The number of alkyl carbamates (subject to hydrolysis) is 1. The Labute approximate surface area is 226 Å². The number of likely N-dealkylation sites (tertiary alicyclic amines) is 1. The second-order valence-corrected chi connectivity index (χ2v) is 11.6. The number of piperidine rings is 1. The molecule has 7 heteroatoms. The highest BCUT2D eigenvalue weighted by Gasteiger charge is 2.41. The summed E-state index contributed by atoms with van der Waals surface area (Å²) in [5.74, 6) is 1.12. The molecule has 1 aliphatic carbocycles. The fourth-order valence-corrected chi connectivity index (χ4v) is 5.08. The smallest absolute Gasteiger partial charge is 0.407 e. The van der Waals surface area contributed by atoms with Crippen LogP contribution in [0.2, 0.25) is 0 Å². The van der Waals surface area contributed by atoms with Crippen LogP contribution in [0.25, 0.3) is 5.70 Å². The molecule has 0 spiro atoms. The molecule has 4 rings (SSSR count). The topological polar surface area (TPSA) is 91.3 Å². The van der Waals surface area contributed by atoms with Gasteiger partial charge < -0.3 is 29.9 Å². The van der Waals surface area contributed by atoms with Crippen molar-refractivity contribution in [3.05, 3.63) is 71.8 Å². The molecule has 2 aliphatic rings. The summed E-state index contributed by atoms with van der Waals surface area (Å²) < 4.78 is 11.1. The number of hydrogen-bond donors (Lipinski definition) is 3. The van der Waals surface area contributed by atoms with Crippen LogP contribution in [0.1, 0.15) is 75.5 Å². The van der Waals surface area contributed by atoms with E-state index in [-0.39, 0.29) is 6.61 Å². The molecule has 38 heavy (non-hydrogen) atoms. The Bertz CT molecular complexity index is 1110. The Morgan fingerprint density at radius 3 is 2.53 bits per heavy atom. The highest BCUT2D eigenvalue weighted by Crippen LogP contribution is 2.35. The summed E-state index contributed by atoms with van der Waals surface area (Å²) in [6, 6.07) is 16.2. The first-order valence-electron chi connectivity index (χ1n) is 13.7. The third kappa shape index (κ3) is 7.29. The number of nitrogens with one attached hydrogen (secondary N) is 1. The zero-order chi connectivity index (χ0) is 27.3. The van der Waals surface area contributed by atoms with E-state index in [0.717, 1.165) is 49.2 Å². The van der Waals surface area contributed by atoms with Gasteiger partial charge in [-0.15, -0.1) is 0 Å². The zero-order valence-corrected chi connectivity index (χ0v) is 22.9. The summed E-state index contributed by atoms with van der Waals surface area (Å²) in [4.78, 5) is 14.3. The van der Waals surface area contributed by atoms with Gasteiger partial charge in [-0.25, -0.2) is 4.79 Å². The number of ether oxygens (including phenoxy) is 2. The SMILES string of the molecule is C=C(c1cccc(OCC(O)C2(O)CCC2)c1)N1CCC(c2cccc(CNC(=O)OC(C)(C)C)c2)CC1. The summed E-state index contributed by atoms with van der Waals surface area (Å²) in [5, 5.41) is 23.4. The van der Waals surface area contributed by atoms with Crippen LogP contribution >= 0.6 is 0 Å². The lowest BCUT2D eigenvalue weighted by Crippen LogP contribution is -2.50. The van der Waals surface area contributed by atoms with Gasteiger partial charge in [0, 0.05) is 30.9 Å². The van der Waals surface area contributed by atoms with E-state index in [1.807, 2.05) is 51.1 Å². The first kappa shape index (κ1) is 28.0. The highest BCUT2D eigenvalue weighted by atomic mass is 16.6. The van der Waals surface area contributed by atoms with Gasteiger partial charge >= 0.3 is 6.09 Å². The van der Waals surface area contributed by atoms with Crippen molar-refractivity contribution in [3.8, 4) is 5.75 Å². The lowest BCUT2D eigenvalue weighted by Gasteiger charge is -2.40. The minimum absolute atomic E-state index is 0.0736.